The van der Waals surface area contributed by atoms with Crippen molar-refractivity contribution in [2.24, 2.45) is 0 Å². The van der Waals surface area contributed by atoms with Gasteiger partial charge in [-0.25, -0.2) is 9.97 Å². The zero-order valence-electron chi connectivity index (χ0n) is 36.0. The molecule has 1 aliphatic heterocycles. The molecule has 1 aliphatic rings. The van der Waals surface area contributed by atoms with Crippen LogP contribution in [0.2, 0.25) is 0 Å². The fraction of sp³-hybridized carbons (Fsp3) is 0.0877. The summed E-state index contributed by atoms with van der Waals surface area (Å²) in [6.07, 6.45) is 4.03. The lowest BCUT2D eigenvalue weighted by Crippen LogP contribution is -2.32. The molecule has 0 saturated carbocycles. The second-order valence-electron chi connectivity index (χ2n) is 16.9. The zero-order chi connectivity index (χ0) is 43.9. The minimum atomic E-state index is -3.55. The molecule has 5 nitrogen and oxygen atoms in total. The Kier molecular flexibility index (Phi) is 10.7. The molecule has 2 unspecified atom stereocenters. The Morgan fingerprint density at radius 1 is 0.453 bits per heavy atom. The summed E-state index contributed by atoms with van der Waals surface area (Å²) >= 11 is 0. The van der Waals surface area contributed by atoms with Crippen molar-refractivity contribution in [1.82, 2.24) is 9.97 Å². The molecular weight excluding hydrogens is 821 g/mol. The Hall–Kier alpha value is -6.90. The predicted molar refractivity (Wildman–Crippen MR) is 267 cm³/mol. The van der Waals surface area contributed by atoms with Gasteiger partial charge in [0, 0.05) is 60.9 Å². The van der Waals surface area contributed by atoms with Gasteiger partial charge in [0.25, 0.3) is 0 Å². The van der Waals surface area contributed by atoms with Crippen molar-refractivity contribution in [3.63, 3.8) is 0 Å². The van der Waals surface area contributed by atoms with Gasteiger partial charge < -0.3 is 14.0 Å². The van der Waals surface area contributed by atoms with Crippen molar-refractivity contribution in [3.8, 4) is 11.1 Å². The lowest BCUT2D eigenvalue weighted by molar-refractivity contribution is 0.591. The highest BCUT2D eigenvalue weighted by molar-refractivity contribution is 7.86. The molecule has 0 bridgehead atoms. The largest absolute Gasteiger partial charge is 0.310 e. The lowest BCUT2D eigenvalue weighted by atomic mass is 9.73. The van der Waals surface area contributed by atoms with Gasteiger partial charge in [-0.15, -0.1) is 0 Å². The second kappa shape index (κ2) is 16.7. The molecule has 1 aromatic heterocycles. The molecular formula is C57H47N3O2P2. The van der Waals surface area contributed by atoms with E-state index in [2.05, 4.69) is 102 Å². The average Bonchev–Trinajstić information content (AvgIpc) is 3.35. The SMILES string of the molecule is Cc1ncc(-c2cccc(P(=O)(c3ccccc3)c3ccccc3Cc3ccccc3P(=O)(c3ccccc3)c3cccc(N4c5ccccc5C(C)(C)c5ccccc54)c3)c2)cn1. The number of nitrogens with zero attached hydrogens (tertiary/aromatic N) is 3. The number of benzene rings is 8. The molecule has 10 rings (SSSR count). The molecule has 2 atom stereocenters. The summed E-state index contributed by atoms with van der Waals surface area (Å²) in [6, 6.07) is 69.3. The fourth-order valence-electron chi connectivity index (χ4n) is 9.47. The summed E-state index contributed by atoms with van der Waals surface area (Å²) in [7, 11) is -7.03. The number of para-hydroxylation sites is 2. The number of aryl methyl sites for hydroxylation is 1. The molecule has 0 fully saturated rings. The molecule has 0 amide bonds. The van der Waals surface area contributed by atoms with Crippen LogP contribution >= 0.6 is 14.3 Å². The molecule has 64 heavy (non-hydrogen) atoms. The molecule has 0 spiro atoms. The Morgan fingerprint density at radius 3 is 1.44 bits per heavy atom. The van der Waals surface area contributed by atoms with E-state index in [-0.39, 0.29) is 5.41 Å². The number of rotatable bonds is 10. The van der Waals surface area contributed by atoms with E-state index in [9.17, 15) is 0 Å². The number of hydrogen-bond acceptors (Lipinski definition) is 5. The van der Waals surface area contributed by atoms with Crippen molar-refractivity contribution in [2.45, 2.75) is 32.6 Å². The van der Waals surface area contributed by atoms with E-state index in [0.29, 0.717) is 17.5 Å². The number of anilines is 3. The van der Waals surface area contributed by atoms with E-state index in [1.807, 2.05) is 153 Å². The zero-order valence-corrected chi connectivity index (χ0v) is 37.8. The van der Waals surface area contributed by atoms with E-state index in [1.54, 1.807) is 0 Å². The van der Waals surface area contributed by atoms with Gasteiger partial charge in [0.15, 0.2) is 14.3 Å². The maximum atomic E-state index is 16.7. The molecule has 0 N–H and O–H groups in total. The van der Waals surface area contributed by atoms with E-state index < -0.39 is 14.3 Å². The monoisotopic (exact) mass is 867 g/mol. The van der Waals surface area contributed by atoms with Crippen molar-refractivity contribution in [3.05, 3.63) is 247 Å². The van der Waals surface area contributed by atoms with Crippen LogP contribution in [0.3, 0.4) is 0 Å². The smallest absolute Gasteiger partial charge is 0.171 e. The average molecular weight is 868 g/mol. The van der Waals surface area contributed by atoms with Crippen molar-refractivity contribution < 1.29 is 9.13 Å². The predicted octanol–water partition coefficient (Wildman–Crippen LogP) is 11.4. The standard InChI is InChI=1S/C57H47N3O2P2/c1-41-58-39-45(40-59-41)42-22-18-28-49(37-42)63(61,47-24-6-4-7-25-47)55-34-16-10-20-43(55)36-44-21-11-17-35-56(44)64(62,48-26-8-5-9-27-48)50-29-19-23-46(38-50)60-53-32-14-12-30-51(53)57(2,3)52-31-13-15-33-54(52)60/h4-35,37-40H,36H2,1-3H3. The quantitative estimate of drug-likeness (QED) is 0.128. The first-order valence-electron chi connectivity index (χ1n) is 21.6. The van der Waals surface area contributed by atoms with Gasteiger partial charge in [0.05, 0.1) is 11.4 Å². The van der Waals surface area contributed by atoms with Crippen LogP contribution in [0.4, 0.5) is 17.1 Å². The highest BCUT2D eigenvalue weighted by Gasteiger charge is 2.38. The molecule has 0 radical (unpaired) electrons. The third kappa shape index (κ3) is 7.06. The van der Waals surface area contributed by atoms with Gasteiger partial charge in [-0.1, -0.05) is 190 Å². The summed E-state index contributed by atoms with van der Waals surface area (Å²) < 4.78 is 33.0. The van der Waals surface area contributed by atoms with Crippen LogP contribution < -0.4 is 36.7 Å². The van der Waals surface area contributed by atoms with Crippen molar-refractivity contribution in [1.29, 1.82) is 0 Å². The summed E-state index contributed by atoms with van der Waals surface area (Å²) in [5.74, 6) is 0.691. The van der Waals surface area contributed by atoms with Crippen LogP contribution in [0.1, 0.15) is 41.9 Å². The Balaban J connectivity index is 1.12. The molecule has 2 heterocycles. The van der Waals surface area contributed by atoms with Crippen molar-refractivity contribution >= 4 is 63.2 Å². The lowest BCUT2D eigenvalue weighted by Gasteiger charge is -2.42. The van der Waals surface area contributed by atoms with Crippen molar-refractivity contribution in [2.75, 3.05) is 4.90 Å². The van der Waals surface area contributed by atoms with Crippen LogP contribution in [-0.2, 0) is 21.0 Å². The number of fused-ring (bicyclic) bond motifs is 2. The van der Waals surface area contributed by atoms with E-state index >= 15 is 9.13 Å². The molecule has 0 saturated heterocycles. The van der Waals surface area contributed by atoms with Gasteiger partial charge in [0.1, 0.15) is 5.82 Å². The highest BCUT2D eigenvalue weighted by Crippen LogP contribution is 2.53. The van der Waals surface area contributed by atoms with Crippen LogP contribution in [0, 0.1) is 6.92 Å². The summed E-state index contributed by atoms with van der Waals surface area (Å²) in [6.45, 7) is 6.44. The third-order valence-electron chi connectivity index (χ3n) is 12.7. The first kappa shape index (κ1) is 41.1. The van der Waals surface area contributed by atoms with Gasteiger partial charge in [0.2, 0.25) is 0 Å². The maximum Gasteiger partial charge on any atom is 0.171 e. The van der Waals surface area contributed by atoms with Gasteiger partial charge in [-0.05, 0) is 71.5 Å². The minimum Gasteiger partial charge on any atom is -0.310 e. The van der Waals surface area contributed by atoms with E-state index in [1.165, 1.54) is 11.1 Å². The minimum absolute atomic E-state index is 0.209. The second-order valence-corrected chi connectivity index (χ2v) is 22.4. The first-order chi connectivity index (χ1) is 31.2. The van der Waals surface area contributed by atoms with E-state index in [0.717, 1.165) is 65.8 Å². The topological polar surface area (TPSA) is 63.2 Å². The molecule has 9 aromatic rings. The summed E-state index contributed by atoms with van der Waals surface area (Å²) in [4.78, 5) is 11.2. The van der Waals surface area contributed by atoms with Crippen LogP contribution in [0.25, 0.3) is 11.1 Å². The van der Waals surface area contributed by atoms with Crippen LogP contribution in [0.15, 0.2) is 219 Å². The third-order valence-corrected chi connectivity index (χ3v) is 19.0. The summed E-state index contributed by atoms with van der Waals surface area (Å²) in [5, 5.41) is 4.45. The maximum absolute atomic E-state index is 16.7. The number of hydrogen-bond donors (Lipinski definition) is 0. The highest BCUT2D eigenvalue weighted by atomic mass is 31.2. The van der Waals surface area contributed by atoms with Crippen LogP contribution in [0.5, 0.6) is 0 Å². The van der Waals surface area contributed by atoms with Gasteiger partial charge >= 0.3 is 0 Å². The molecule has 0 aliphatic carbocycles. The molecule has 8 aromatic carbocycles. The Morgan fingerprint density at radius 2 is 0.891 bits per heavy atom. The fourth-order valence-corrected chi connectivity index (χ4v) is 15.3. The summed E-state index contributed by atoms with van der Waals surface area (Å²) in [5.41, 5.74) is 8.98. The van der Waals surface area contributed by atoms with E-state index in [4.69, 9.17) is 0 Å². The van der Waals surface area contributed by atoms with Gasteiger partial charge in [-0.2, -0.15) is 0 Å². The number of aromatic nitrogens is 2. The Bertz CT molecular complexity index is 3210. The Labute approximate surface area is 375 Å². The molecule has 7 heteroatoms. The molecule has 312 valence electrons. The van der Waals surface area contributed by atoms with Crippen LogP contribution in [-0.4, -0.2) is 9.97 Å². The first-order valence-corrected chi connectivity index (χ1v) is 25.1. The normalized spacial score (nSPS) is 14.7. The van der Waals surface area contributed by atoms with Gasteiger partial charge in [-0.3, -0.25) is 0 Å².